The van der Waals surface area contributed by atoms with Crippen LogP contribution in [0.5, 0.6) is 5.75 Å². The molecule has 0 aliphatic heterocycles. The number of ether oxygens (including phenoxy) is 1. The van der Waals surface area contributed by atoms with Gasteiger partial charge in [-0.25, -0.2) is 8.42 Å². The summed E-state index contributed by atoms with van der Waals surface area (Å²) in [5.74, 6) is 0.743. The van der Waals surface area contributed by atoms with Gasteiger partial charge in [-0.1, -0.05) is 13.8 Å². The Bertz CT molecular complexity index is 536. The smallest absolute Gasteiger partial charge is 0.229 e. The summed E-state index contributed by atoms with van der Waals surface area (Å²) in [5, 5.41) is 0. The van der Waals surface area contributed by atoms with Crippen molar-refractivity contribution in [3.8, 4) is 5.75 Å². The maximum absolute atomic E-state index is 11.3. The van der Waals surface area contributed by atoms with Gasteiger partial charge in [0.15, 0.2) is 5.75 Å². The third kappa shape index (κ3) is 3.60. The van der Waals surface area contributed by atoms with Gasteiger partial charge in [0.2, 0.25) is 10.0 Å². The summed E-state index contributed by atoms with van der Waals surface area (Å²) in [6, 6.07) is 1.74. The van der Waals surface area contributed by atoms with E-state index in [0.29, 0.717) is 11.4 Å². The molecule has 18 heavy (non-hydrogen) atoms. The van der Waals surface area contributed by atoms with Crippen LogP contribution in [-0.2, 0) is 10.0 Å². The second-order valence-electron chi connectivity index (χ2n) is 4.95. The molecule has 0 amide bonds. The lowest BCUT2D eigenvalue weighted by Crippen LogP contribution is -2.12. The molecule has 0 atom stereocenters. The molecule has 1 heterocycles. The van der Waals surface area contributed by atoms with Crippen LogP contribution in [0.3, 0.4) is 0 Å². The number of nitrogens with one attached hydrogen (secondary N) is 1. The maximum Gasteiger partial charge on any atom is 0.229 e. The Labute approximate surface area is 108 Å². The molecule has 2 rings (SSSR count). The Morgan fingerprint density at radius 1 is 1.44 bits per heavy atom. The van der Waals surface area contributed by atoms with Crippen LogP contribution >= 0.6 is 0 Å². The predicted molar refractivity (Wildman–Crippen MR) is 70.4 cm³/mol. The number of aromatic nitrogens is 1. The highest BCUT2D eigenvalue weighted by molar-refractivity contribution is 7.92. The highest BCUT2D eigenvalue weighted by atomic mass is 32.2. The zero-order valence-corrected chi connectivity index (χ0v) is 11.6. The number of rotatable bonds is 5. The molecule has 1 fully saturated rings. The van der Waals surface area contributed by atoms with Gasteiger partial charge >= 0.3 is 0 Å². The fourth-order valence-electron chi connectivity index (χ4n) is 1.51. The highest BCUT2D eigenvalue weighted by Crippen LogP contribution is 2.33. The van der Waals surface area contributed by atoms with Crippen molar-refractivity contribution in [1.82, 2.24) is 4.98 Å². The van der Waals surface area contributed by atoms with Crippen LogP contribution in [0.15, 0.2) is 12.3 Å². The number of sulfonamides is 1. The van der Waals surface area contributed by atoms with Gasteiger partial charge in [0.1, 0.15) is 0 Å². The van der Waals surface area contributed by atoms with E-state index in [1.54, 1.807) is 12.3 Å². The Kier molecular flexibility index (Phi) is 3.47. The molecule has 0 bridgehead atoms. The van der Waals surface area contributed by atoms with E-state index in [0.717, 1.165) is 24.8 Å². The largest absolute Gasteiger partial charge is 0.487 e. The fraction of sp³-hybridized carbons (Fsp3) is 0.583. The molecule has 6 heteroatoms. The van der Waals surface area contributed by atoms with E-state index in [1.165, 1.54) is 0 Å². The van der Waals surface area contributed by atoms with Gasteiger partial charge in [-0.15, -0.1) is 0 Å². The molecule has 0 aromatic carbocycles. The molecule has 1 aromatic rings. The van der Waals surface area contributed by atoms with Crippen LogP contribution in [-0.4, -0.2) is 25.8 Å². The van der Waals surface area contributed by atoms with Crippen molar-refractivity contribution in [3.05, 3.63) is 18.0 Å². The Morgan fingerprint density at radius 2 is 2.11 bits per heavy atom. The fourth-order valence-corrected chi connectivity index (χ4v) is 2.07. The van der Waals surface area contributed by atoms with Crippen LogP contribution < -0.4 is 9.46 Å². The average Bonchev–Trinajstić information content (AvgIpc) is 3.02. The molecular weight excluding hydrogens is 252 g/mol. The lowest BCUT2D eigenvalue weighted by atomic mass is 10.1. The second kappa shape index (κ2) is 4.76. The zero-order chi connectivity index (χ0) is 13.3. The van der Waals surface area contributed by atoms with E-state index in [4.69, 9.17) is 4.74 Å². The molecule has 1 aliphatic rings. The summed E-state index contributed by atoms with van der Waals surface area (Å²) in [7, 11) is -3.32. The Morgan fingerprint density at radius 3 is 2.61 bits per heavy atom. The summed E-state index contributed by atoms with van der Waals surface area (Å²) in [4.78, 5) is 4.29. The van der Waals surface area contributed by atoms with Crippen molar-refractivity contribution in [2.24, 2.45) is 0 Å². The molecule has 1 N–H and O–H groups in total. The van der Waals surface area contributed by atoms with E-state index in [-0.39, 0.29) is 12.0 Å². The minimum atomic E-state index is -3.32. The number of nitrogens with zero attached hydrogens (tertiary/aromatic N) is 1. The van der Waals surface area contributed by atoms with Crippen molar-refractivity contribution in [2.45, 2.75) is 38.7 Å². The van der Waals surface area contributed by atoms with Crippen LogP contribution in [0.25, 0.3) is 0 Å². The summed E-state index contributed by atoms with van der Waals surface area (Å²) in [6.07, 6.45) is 4.97. The van der Waals surface area contributed by atoms with Gasteiger partial charge in [-0.3, -0.25) is 9.71 Å². The topological polar surface area (TPSA) is 68.3 Å². The van der Waals surface area contributed by atoms with Crippen molar-refractivity contribution in [2.75, 3.05) is 11.0 Å². The van der Waals surface area contributed by atoms with Crippen molar-refractivity contribution in [3.63, 3.8) is 0 Å². The third-order valence-electron chi connectivity index (χ3n) is 2.59. The maximum atomic E-state index is 11.3. The van der Waals surface area contributed by atoms with Gasteiger partial charge in [0, 0.05) is 5.69 Å². The number of pyridine rings is 1. The van der Waals surface area contributed by atoms with Gasteiger partial charge < -0.3 is 4.74 Å². The minimum Gasteiger partial charge on any atom is -0.487 e. The lowest BCUT2D eigenvalue weighted by molar-refractivity contribution is 0.303. The predicted octanol–water partition coefficient (Wildman–Crippen LogP) is 2.12. The average molecular weight is 270 g/mol. The van der Waals surface area contributed by atoms with E-state index in [9.17, 15) is 8.42 Å². The number of anilines is 1. The van der Waals surface area contributed by atoms with Crippen molar-refractivity contribution >= 4 is 15.7 Å². The van der Waals surface area contributed by atoms with Gasteiger partial charge in [-0.2, -0.15) is 0 Å². The van der Waals surface area contributed by atoms with Gasteiger partial charge in [0.25, 0.3) is 0 Å². The van der Waals surface area contributed by atoms with Crippen LogP contribution in [0.4, 0.5) is 5.69 Å². The highest BCUT2D eigenvalue weighted by Gasteiger charge is 2.25. The standard InChI is InChI=1S/C12H18N2O3S/c1-8(2)10-6-11(14-18(3,15)16)12(7-13-10)17-9-4-5-9/h6-9H,4-5H2,1-3H3,(H,13,14). The third-order valence-corrected chi connectivity index (χ3v) is 3.18. The SMILES string of the molecule is CC(C)c1cc(NS(C)(=O)=O)c(OC2CC2)cn1. The zero-order valence-electron chi connectivity index (χ0n) is 10.8. The normalized spacial score (nSPS) is 15.8. The first kappa shape index (κ1) is 13.1. The molecule has 0 spiro atoms. The monoisotopic (exact) mass is 270 g/mol. The summed E-state index contributed by atoms with van der Waals surface area (Å²) < 4.78 is 30.8. The second-order valence-corrected chi connectivity index (χ2v) is 6.70. The van der Waals surface area contributed by atoms with E-state index < -0.39 is 10.0 Å². The molecule has 100 valence electrons. The molecule has 1 aromatic heterocycles. The molecular formula is C12H18N2O3S. The summed E-state index contributed by atoms with van der Waals surface area (Å²) in [6.45, 7) is 4.02. The van der Waals surface area contributed by atoms with Gasteiger partial charge in [0.05, 0.1) is 24.2 Å². The molecule has 0 unspecified atom stereocenters. The molecule has 1 aliphatic carbocycles. The first-order chi connectivity index (χ1) is 8.35. The number of hydrogen-bond acceptors (Lipinski definition) is 4. The summed E-state index contributed by atoms with van der Waals surface area (Å²) in [5.41, 5.74) is 1.31. The van der Waals surface area contributed by atoms with E-state index in [2.05, 4.69) is 9.71 Å². The molecule has 1 saturated carbocycles. The summed E-state index contributed by atoms with van der Waals surface area (Å²) >= 11 is 0. The van der Waals surface area contributed by atoms with E-state index >= 15 is 0 Å². The first-order valence-corrected chi connectivity index (χ1v) is 7.88. The van der Waals surface area contributed by atoms with Crippen LogP contribution in [0, 0.1) is 0 Å². The molecule has 5 nitrogen and oxygen atoms in total. The molecule has 0 radical (unpaired) electrons. The van der Waals surface area contributed by atoms with Crippen molar-refractivity contribution < 1.29 is 13.2 Å². The Hall–Kier alpha value is -1.30. The van der Waals surface area contributed by atoms with Gasteiger partial charge in [-0.05, 0) is 24.8 Å². The van der Waals surface area contributed by atoms with E-state index in [1.807, 2.05) is 13.8 Å². The Balaban J connectivity index is 2.32. The molecule has 0 saturated heterocycles. The van der Waals surface area contributed by atoms with Crippen molar-refractivity contribution in [1.29, 1.82) is 0 Å². The van der Waals surface area contributed by atoms with Crippen LogP contribution in [0.1, 0.15) is 38.3 Å². The first-order valence-electron chi connectivity index (χ1n) is 5.99. The quantitative estimate of drug-likeness (QED) is 0.889. The van der Waals surface area contributed by atoms with Crippen LogP contribution in [0.2, 0.25) is 0 Å². The lowest BCUT2D eigenvalue weighted by Gasteiger charge is -2.14. The number of hydrogen-bond donors (Lipinski definition) is 1. The minimum absolute atomic E-state index is 0.205.